The van der Waals surface area contributed by atoms with Crippen molar-refractivity contribution < 1.29 is 14.3 Å². The Morgan fingerprint density at radius 3 is 2.39 bits per heavy atom. The third-order valence-electron chi connectivity index (χ3n) is 3.25. The summed E-state index contributed by atoms with van der Waals surface area (Å²) in [4.78, 5) is 22.0. The summed E-state index contributed by atoms with van der Waals surface area (Å²) in [5, 5.41) is 0. The van der Waals surface area contributed by atoms with Gasteiger partial charge in [-0.3, -0.25) is 9.59 Å². The Hall–Kier alpha value is -1.12. The molecular formula is C15H24O3. The van der Waals surface area contributed by atoms with E-state index in [1.54, 1.807) is 0 Å². The van der Waals surface area contributed by atoms with Crippen LogP contribution in [0.5, 0.6) is 0 Å². The molecule has 0 radical (unpaired) electrons. The average molecular weight is 252 g/mol. The normalized spacial score (nSPS) is 19.7. The summed E-state index contributed by atoms with van der Waals surface area (Å²) >= 11 is 0. The molecule has 1 fully saturated rings. The first kappa shape index (κ1) is 14.9. The molecule has 1 aliphatic heterocycles. The Bertz CT molecular complexity index is 294. The number of esters is 2. The van der Waals surface area contributed by atoms with Gasteiger partial charge in [-0.1, -0.05) is 57.6 Å². The van der Waals surface area contributed by atoms with Crippen molar-refractivity contribution in [1.82, 2.24) is 0 Å². The van der Waals surface area contributed by atoms with Gasteiger partial charge < -0.3 is 4.74 Å². The second kappa shape index (κ2) is 8.90. The molecule has 1 aliphatic rings. The maximum absolute atomic E-state index is 11.2. The van der Waals surface area contributed by atoms with Crippen molar-refractivity contribution in [2.75, 3.05) is 0 Å². The molecule has 0 aromatic heterocycles. The highest BCUT2D eigenvalue weighted by atomic mass is 16.6. The molecule has 0 N–H and O–H groups in total. The van der Waals surface area contributed by atoms with Gasteiger partial charge >= 0.3 is 11.9 Å². The number of carbonyl (C=O) groups excluding carboxylic acids is 2. The topological polar surface area (TPSA) is 43.4 Å². The van der Waals surface area contributed by atoms with Gasteiger partial charge in [-0.05, 0) is 12.8 Å². The quantitative estimate of drug-likeness (QED) is 0.271. The lowest BCUT2D eigenvalue weighted by atomic mass is 10.1. The minimum absolute atomic E-state index is 0.215. The smallest absolute Gasteiger partial charge is 0.321 e. The molecule has 1 heterocycles. The van der Waals surface area contributed by atoms with E-state index in [0.717, 1.165) is 6.42 Å². The number of unbranched alkanes of at least 4 members (excludes halogenated alkanes) is 7. The Labute approximate surface area is 110 Å². The SMILES string of the molecule is CCCCCCCCCC=CC1CC(=O)OC1=O. The molecule has 18 heavy (non-hydrogen) atoms. The predicted octanol–water partition coefficient (Wildman–Crippen LogP) is 3.77. The molecule has 102 valence electrons. The van der Waals surface area contributed by atoms with Crippen LogP contribution in [0.15, 0.2) is 12.2 Å². The summed E-state index contributed by atoms with van der Waals surface area (Å²) in [5.41, 5.74) is 0. The van der Waals surface area contributed by atoms with Crippen molar-refractivity contribution in [2.24, 2.45) is 5.92 Å². The van der Waals surface area contributed by atoms with Gasteiger partial charge in [-0.25, -0.2) is 0 Å². The molecule has 0 aromatic carbocycles. The van der Waals surface area contributed by atoms with Gasteiger partial charge in [0.2, 0.25) is 0 Å². The summed E-state index contributed by atoms with van der Waals surface area (Å²) in [6.45, 7) is 2.23. The Morgan fingerprint density at radius 2 is 1.78 bits per heavy atom. The van der Waals surface area contributed by atoms with Gasteiger partial charge in [0.1, 0.15) is 0 Å². The van der Waals surface area contributed by atoms with Crippen molar-refractivity contribution in [3.8, 4) is 0 Å². The van der Waals surface area contributed by atoms with Gasteiger partial charge in [0.25, 0.3) is 0 Å². The molecule has 0 bridgehead atoms. The summed E-state index contributed by atoms with van der Waals surface area (Å²) in [7, 11) is 0. The number of hydrogen-bond donors (Lipinski definition) is 0. The first-order valence-corrected chi connectivity index (χ1v) is 7.15. The van der Waals surface area contributed by atoms with Gasteiger partial charge in [0.15, 0.2) is 0 Å². The number of ether oxygens (including phenoxy) is 1. The van der Waals surface area contributed by atoms with Crippen molar-refractivity contribution >= 4 is 11.9 Å². The lowest BCUT2D eigenvalue weighted by Crippen LogP contribution is -2.03. The van der Waals surface area contributed by atoms with E-state index in [9.17, 15) is 9.59 Å². The molecule has 3 nitrogen and oxygen atoms in total. The highest BCUT2D eigenvalue weighted by Gasteiger charge is 2.30. The van der Waals surface area contributed by atoms with E-state index in [2.05, 4.69) is 11.7 Å². The van der Waals surface area contributed by atoms with Crippen LogP contribution in [0.2, 0.25) is 0 Å². The molecule has 0 amide bonds. The molecule has 1 atom stereocenters. The zero-order valence-electron chi connectivity index (χ0n) is 11.3. The van der Waals surface area contributed by atoms with E-state index in [-0.39, 0.29) is 12.3 Å². The number of hydrogen-bond acceptors (Lipinski definition) is 3. The zero-order chi connectivity index (χ0) is 13.2. The summed E-state index contributed by atoms with van der Waals surface area (Å²) < 4.78 is 4.48. The fraction of sp³-hybridized carbons (Fsp3) is 0.733. The fourth-order valence-corrected chi connectivity index (χ4v) is 2.12. The Kier molecular flexibility index (Phi) is 7.38. The standard InChI is InChI=1S/C15H24O3/c1-2-3-4-5-6-7-8-9-10-11-13-12-14(16)18-15(13)17/h10-11,13H,2-9,12H2,1H3. The van der Waals surface area contributed by atoms with Crippen LogP contribution in [0.1, 0.15) is 64.7 Å². The maximum atomic E-state index is 11.2. The summed E-state index contributed by atoms with van der Waals surface area (Å²) in [6, 6.07) is 0. The highest BCUT2D eigenvalue weighted by molar-refractivity contribution is 5.95. The van der Waals surface area contributed by atoms with E-state index >= 15 is 0 Å². The number of allylic oxidation sites excluding steroid dienone is 1. The molecule has 0 saturated carbocycles. The minimum Gasteiger partial charge on any atom is -0.393 e. The lowest BCUT2D eigenvalue weighted by molar-refractivity contribution is -0.152. The minimum atomic E-state index is -0.398. The number of carbonyl (C=O) groups is 2. The average Bonchev–Trinajstić information content (AvgIpc) is 2.66. The van der Waals surface area contributed by atoms with Crippen LogP contribution in [0.25, 0.3) is 0 Å². The molecule has 3 heteroatoms. The summed E-state index contributed by atoms with van der Waals surface area (Å²) in [6.07, 6.45) is 14.1. The zero-order valence-corrected chi connectivity index (χ0v) is 11.3. The third-order valence-corrected chi connectivity index (χ3v) is 3.25. The van der Waals surface area contributed by atoms with Crippen LogP contribution in [0.3, 0.4) is 0 Å². The molecule has 1 unspecified atom stereocenters. The van der Waals surface area contributed by atoms with E-state index in [0.29, 0.717) is 0 Å². The fourth-order valence-electron chi connectivity index (χ4n) is 2.12. The predicted molar refractivity (Wildman–Crippen MR) is 71.0 cm³/mol. The largest absolute Gasteiger partial charge is 0.393 e. The molecule has 0 aromatic rings. The van der Waals surface area contributed by atoms with Crippen LogP contribution >= 0.6 is 0 Å². The Morgan fingerprint density at radius 1 is 1.11 bits per heavy atom. The van der Waals surface area contributed by atoms with E-state index in [1.165, 1.54) is 44.9 Å². The Balaban J connectivity index is 1.97. The highest BCUT2D eigenvalue weighted by Crippen LogP contribution is 2.17. The van der Waals surface area contributed by atoms with Crippen LogP contribution in [0.4, 0.5) is 0 Å². The van der Waals surface area contributed by atoms with Gasteiger partial charge in [0.05, 0.1) is 12.3 Å². The van der Waals surface area contributed by atoms with E-state index in [1.807, 2.05) is 12.2 Å². The van der Waals surface area contributed by atoms with Gasteiger partial charge in [-0.15, -0.1) is 0 Å². The maximum Gasteiger partial charge on any atom is 0.321 e. The van der Waals surface area contributed by atoms with E-state index in [4.69, 9.17) is 0 Å². The summed E-state index contributed by atoms with van der Waals surface area (Å²) in [5.74, 6) is -1.12. The number of rotatable bonds is 9. The van der Waals surface area contributed by atoms with Crippen LogP contribution in [0, 0.1) is 5.92 Å². The van der Waals surface area contributed by atoms with Crippen LogP contribution < -0.4 is 0 Å². The van der Waals surface area contributed by atoms with Crippen molar-refractivity contribution in [3.05, 3.63) is 12.2 Å². The second-order valence-electron chi connectivity index (χ2n) is 4.94. The van der Waals surface area contributed by atoms with Crippen LogP contribution in [-0.4, -0.2) is 11.9 Å². The first-order chi connectivity index (χ1) is 8.74. The lowest BCUT2D eigenvalue weighted by Gasteiger charge is -1.99. The van der Waals surface area contributed by atoms with Gasteiger partial charge in [0, 0.05) is 0 Å². The van der Waals surface area contributed by atoms with E-state index < -0.39 is 11.9 Å². The van der Waals surface area contributed by atoms with Crippen molar-refractivity contribution in [1.29, 1.82) is 0 Å². The number of cyclic esters (lactones) is 2. The second-order valence-corrected chi connectivity index (χ2v) is 4.94. The molecule has 1 saturated heterocycles. The third kappa shape index (κ3) is 5.99. The molecule has 1 rings (SSSR count). The monoisotopic (exact) mass is 252 g/mol. The van der Waals surface area contributed by atoms with Crippen molar-refractivity contribution in [3.63, 3.8) is 0 Å². The van der Waals surface area contributed by atoms with Crippen molar-refractivity contribution in [2.45, 2.75) is 64.7 Å². The van der Waals surface area contributed by atoms with Crippen LogP contribution in [-0.2, 0) is 14.3 Å². The molecule has 0 aliphatic carbocycles. The molecule has 0 spiro atoms. The van der Waals surface area contributed by atoms with Gasteiger partial charge in [-0.2, -0.15) is 0 Å². The molecular weight excluding hydrogens is 228 g/mol. The first-order valence-electron chi connectivity index (χ1n) is 7.15.